The van der Waals surface area contributed by atoms with Gasteiger partial charge in [0, 0.05) is 71.2 Å². The van der Waals surface area contributed by atoms with Crippen molar-refractivity contribution >= 4 is 36.3 Å². The third kappa shape index (κ3) is 24.0. The van der Waals surface area contributed by atoms with Crippen molar-refractivity contribution in [3.63, 3.8) is 0 Å². The van der Waals surface area contributed by atoms with E-state index in [1.54, 1.807) is 18.5 Å². The van der Waals surface area contributed by atoms with Crippen LogP contribution in [0.1, 0.15) is 49.9 Å². The predicted octanol–water partition coefficient (Wildman–Crippen LogP) is -2.90. The zero-order valence-electron chi connectivity index (χ0n) is 27.9. The first-order valence-electron chi connectivity index (χ1n) is 15.1. The molecule has 2 heterocycles. The molecule has 52 heavy (non-hydrogen) atoms. The quantitative estimate of drug-likeness (QED) is 0.0216. The van der Waals surface area contributed by atoms with Crippen LogP contribution in [0.15, 0.2) is 48.8 Å². The molecule has 0 aliphatic rings. The molecule has 0 unspecified atom stereocenters. The van der Waals surface area contributed by atoms with Crippen LogP contribution in [0.5, 0.6) is 0 Å². The Bertz CT molecular complexity index is 1400. The minimum atomic E-state index is -1.49. The molecule has 2 atom stereocenters. The van der Waals surface area contributed by atoms with Gasteiger partial charge in [-0.3, -0.25) is 19.5 Å². The summed E-state index contributed by atoms with van der Waals surface area (Å²) in [5.74, 6) is -4.23. The summed E-state index contributed by atoms with van der Waals surface area (Å²) in [4.78, 5) is 75.6. The van der Waals surface area contributed by atoms with Crippen LogP contribution in [0, 0.1) is 13.3 Å². The Balaban J connectivity index is -0.00000386. The first-order valence-corrected chi connectivity index (χ1v) is 15.1. The van der Waals surface area contributed by atoms with E-state index < -0.39 is 42.4 Å². The van der Waals surface area contributed by atoms with Gasteiger partial charge in [-0.25, -0.2) is 19.2 Å². The van der Waals surface area contributed by atoms with Crippen LogP contribution < -0.4 is 37.5 Å². The summed E-state index contributed by atoms with van der Waals surface area (Å²) in [7, 11) is 0. The van der Waals surface area contributed by atoms with Crippen LogP contribution in [0.4, 0.5) is 4.79 Å². The molecule has 0 bridgehead atoms. The zero-order valence-corrected chi connectivity index (χ0v) is 32.3. The first-order chi connectivity index (χ1) is 24.1. The third-order valence-corrected chi connectivity index (χ3v) is 6.71. The second kappa shape index (κ2) is 32.6. The van der Waals surface area contributed by atoms with Gasteiger partial charge in [-0.2, -0.15) is 0 Å². The topological polar surface area (TPSA) is 268 Å². The number of carbonyl (C=O) groups excluding carboxylic acids is 3. The van der Waals surface area contributed by atoms with Gasteiger partial charge in [0.15, 0.2) is 6.20 Å². The number of rotatable bonds is 23. The molecule has 1 radical (unpaired) electrons. The van der Waals surface area contributed by atoms with Gasteiger partial charge in [0.2, 0.25) is 11.6 Å². The summed E-state index contributed by atoms with van der Waals surface area (Å²) in [6, 6.07) is 7.31. The Hall–Kier alpha value is -4.34. The normalized spacial score (nSPS) is 10.8. The second-order valence-electron chi connectivity index (χ2n) is 10.3. The fourth-order valence-electron chi connectivity index (χ4n) is 4.28. The number of unbranched alkanes of at least 4 members (excludes halogenated alkanes) is 1. The van der Waals surface area contributed by atoms with E-state index in [-0.39, 0.29) is 75.7 Å². The number of nitrogens with one attached hydrogen (secondary N) is 3. The number of carbonyl (C=O) groups is 6. The zero-order chi connectivity index (χ0) is 37.7. The number of urea groups is 1. The van der Waals surface area contributed by atoms with Gasteiger partial charge in [-0.1, -0.05) is 12.1 Å². The Morgan fingerprint density at radius 2 is 1.52 bits per heavy atom. The van der Waals surface area contributed by atoms with Gasteiger partial charge < -0.3 is 53.0 Å². The van der Waals surface area contributed by atoms with Gasteiger partial charge in [-0.15, -0.1) is 4.57 Å². The van der Waals surface area contributed by atoms with Crippen molar-refractivity contribution < 1.29 is 100 Å². The summed E-state index contributed by atoms with van der Waals surface area (Å²) in [6.07, 6.45) is 4.22. The van der Waals surface area contributed by atoms with E-state index in [0.717, 1.165) is 17.8 Å². The number of carboxylic acids is 3. The maximum Gasteiger partial charge on any atom is 0 e. The van der Waals surface area contributed by atoms with Crippen LogP contribution in [-0.4, -0.2) is 99.8 Å². The van der Waals surface area contributed by atoms with Gasteiger partial charge in [0.1, 0.15) is 12.1 Å². The molecule has 0 aromatic carbocycles. The molecular weight excluding hydrogens is 926 g/mol. The molecule has 285 valence electrons. The van der Waals surface area contributed by atoms with Crippen molar-refractivity contribution in [2.75, 3.05) is 26.3 Å². The summed E-state index contributed by atoms with van der Waals surface area (Å²) < 4.78 is 22.2. The standard InChI is InChI=1S/C30H40N6O10.2CO.BrH.Re/c37-21-36-15-6-3-8-23(36)20-35(19-22-7-1-4-13-31-22)16-18-46-17-12-26(38)32-14-5-2-9-24(28(41)42)33-30(45)34-25(29(43)44)10-11-27(39)40;2*1-2;;/h1,3-4,6-8,13,15,21,24-25H,2,5,9-12,14,16-20H2,(H5-,32,33,34,38,39,40,41,42,43,44,45);;;1H;/t24-,25-;;;;/m0..../s1. The summed E-state index contributed by atoms with van der Waals surface area (Å²) in [5, 5.41) is 34.2. The van der Waals surface area contributed by atoms with E-state index in [9.17, 15) is 33.9 Å². The van der Waals surface area contributed by atoms with Crippen molar-refractivity contribution in [1.29, 1.82) is 0 Å². The van der Waals surface area contributed by atoms with Crippen LogP contribution >= 0.6 is 0 Å². The van der Waals surface area contributed by atoms with E-state index in [4.69, 9.17) is 24.3 Å². The second-order valence-corrected chi connectivity index (χ2v) is 10.3. The van der Waals surface area contributed by atoms with Crippen LogP contribution in [0.25, 0.3) is 0 Å². The first kappa shape index (κ1) is 52.0. The van der Waals surface area contributed by atoms with Gasteiger partial charge in [-0.05, 0) is 37.8 Å². The number of pyridine rings is 2. The maximum atomic E-state index is 12.2. The van der Waals surface area contributed by atoms with Crippen LogP contribution in [0.2, 0.25) is 0 Å². The van der Waals surface area contributed by atoms with Crippen LogP contribution in [-0.2, 0) is 71.5 Å². The van der Waals surface area contributed by atoms with Crippen molar-refractivity contribution in [2.24, 2.45) is 0 Å². The number of halogens is 1. The number of aromatic nitrogens is 2. The number of nitrogens with zero attached hydrogens (tertiary/aromatic N) is 3. The average Bonchev–Trinajstić information content (AvgIpc) is 3.11. The molecule has 0 spiro atoms. The van der Waals surface area contributed by atoms with E-state index in [2.05, 4.69) is 39.1 Å². The van der Waals surface area contributed by atoms with E-state index in [1.165, 1.54) is 4.57 Å². The molecule has 0 fully saturated rings. The van der Waals surface area contributed by atoms with Crippen molar-refractivity contribution in [2.45, 2.75) is 63.7 Å². The van der Waals surface area contributed by atoms with Crippen LogP contribution in [0.3, 0.4) is 0 Å². The minimum absolute atomic E-state index is 0. The third-order valence-electron chi connectivity index (χ3n) is 6.71. The Morgan fingerprint density at radius 1 is 0.885 bits per heavy atom. The number of carboxylic acid groups (broad SMARTS) is 3. The Morgan fingerprint density at radius 3 is 2.10 bits per heavy atom. The van der Waals surface area contributed by atoms with Crippen molar-refractivity contribution in [3.05, 3.63) is 73.5 Å². The van der Waals surface area contributed by atoms with E-state index in [1.807, 2.05) is 30.3 Å². The largest absolute Gasteiger partial charge is 0 e. The van der Waals surface area contributed by atoms with Gasteiger partial charge >= 0.3 is 53.0 Å². The number of amides is 3. The molecule has 3 amide bonds. The molecular formula is C32H41BrN6O12Re. The summed E-state index contributed by atoms with van der Waals surface area (Å²) in [5.41, 5.74) is 1.67. The number of hydrogen-bond acceptors (Lipinski definition) is 9. The molecule has 6 N–H and O–H groups in total. The molecule has 0 saturated carbocycles. The monoisotopic (exact) mass is 967 g/mol. The molecule has 0 aliphatic carbocycles. The number of hydrogen-bond donors (Lipinski definition) is 6. The van der Waals surface area contributed by atoms with E-state index in [0.29, 0.717) is 39.1 Å². The molecule has 2 rings (SSSR count). The molecule has 20 heteroatoms. The number of ether oxygens (including phenoxy) is 1. The fourth-order valence-corrected chi connectivity index (χ4v) is 4.28. The van der Waals surface area contributed by atoms with E-state index >= 15 is 0 Å². The maximum absolute atomic E-state index is 12.2. The predicted molar refractivity (Wildman–Crippen MR) is 169 cm³/mol. The molecule has 18 nitrogen and oxygen atoms in total. The smallest absolute Gasteiger partial charge is 0 e. The Kier molecular flexibility index (Phi) is 32.6. The van der Waals surface area contributed by atoms with Gasteiger partial charge in [0.25, 0.3) is 0 Å². The van der Waals surface area contributed by atoms with Crippen molar-refractivity contribution in [3.8, 4) is 0 Å². The summed E-state index contributed by atoms with van der Waals surface area (Å²) in [6.45, 7) is 11.4. The molecule has 2 aromatic heterocycles. The molecule has 0 aliphatic heterocycles. The fraction of sp³-hybridized carbons (Fsp3) is 0.438. The summed E-state index contributed by atoms with van der Waals surface area (Å²) >= 11 is 0. The average molecular weight is 968 g/mol. The SMILES string of the molecule is O=C[n+]1ccccc1CN(CCOCCC(=O)NCCCC[C@H](NC(=O)N[C@@H](CCC(=O)O)C(=O)O)C(=O)O)Cc1ccccn1.[Br-].[C-]#[O+].[C-]#[O+].[Re]. The minimum Gasteiger partial charge on any atom is 0 e. The Labute approximate surface area is 324 Å². The number of aliphatic carboxylic acids is 3. The van der Waals surface area contributed by atoms with Crippen molar-refractivity contribution in [1.82, 2.24) is 25.8 Å². The molecule has 2 aromatic rings. The molecule has 0 saturated heterocycles. The van der Waals surface area contributed by atoms with Gasteiger partial charge in [0.05, 0.1) is 25.5 Å².